The van der Waals surface area contributed by atoms with Crippen molar-refractivity contribution < 1.29 is 9.90 Å². The lowest BCUT2D eigenvalue weighted by Crippen LogP contribution is -2.09. The monoisotopic (exact) mass is 375 g/mol. The summed E-state index contributed by atoms with van der Waals surface area (Å²) in [4.78, 5) is 10.6. The van der Waals surface area contributed by atoms with Crippen LogP contribution < -0.4 is 5.73 Å². The van der Waals surface area contributed by atoms with Gasteiger partial charge in [-0.1, -0.05) is 87.6 Å². The standard InChI is InChI=1S/C24H41NO2/c1-2-3-19-23(22-26)20-17-15-13-11-9-7-5-4-6-8-10-12-14-16-18-21-24(25)27/h4-7,9,11,13,15,23,26H,2-3,8,10,12,14,16-22H2,1H3,(H2,25,27)/b6-4-,7-5-,11-9-,15-13-. The number of hydrogen-bond donors (Lipinski definition) is 2. The topological polar surface area (TPSA) is 63.3 Å². The molecule has 3 nitrogen and oxygen atoms in total. The van der Waals surface area contributed by atoms with E-state index in [4.69, 9.17) is 5.73 Å². The molecule has 0 aromatic heterocycles. The van der Waals surface area contributed by atoms with Gasteiger partial charge in [-0.05, 0) is 44.4 Å². The SMILES string of the molecule is CCCCC(CO)CC\C=C/C=C\C=C/C=C\CCCCCCCC(N)=O. The van der Waals surface area contributed by atoms with E-state index in [-0.39, 0.29) is 5.91 Å². The smallest absolute Gasteiger partial charge is 0.217 e. The van der Waals surface area contributed by atoms with Gasteiger partial charge in [0.1, 0.15) is 0 Å². The van der Waals surface area contributed by atoms with Crippen molar-refractivity contribution in [2.75, 3.05) is 6.61 Å². The summed E-state index contributed by atoms with van der Waals surface area (Å²) in [6.45, 7) is 2.51. The lowest BCUT2D eigenvalue weighted by Gasteiger charge is -2.11. The number of nitrogens with two attached hydrogens (primary N) is 1. The molecule has 0 aliphatic carbocycles. The molecule has 3 heteroatoms. The Hall–Kier alpha value is -1.61. The number of aliphatic hydroxyl groups is 1. The highest BCUT2D eigenvalue weighted by Crippen LogP contribution is 2.14. The van der Waals surface area contributed by atoms with E-state index in [1.54, 1.807) is 0 Å². The van der Waals surface area contributed by atoms with Crippen LogP contribution in [0.4, 0.5) is 0 Å². The van der Waals surface area contributed by atoms with Crippen molar-refractivity contribution in [1.29, 1.82) is 0 Å². The first-order valence-corrected chi connectivity index (χ1v) is 10.7. The van der Waals surface area contributed by atoms with Crippen LogP contribution >= 0.6 is 0 Å². The van der Waals surface area contributed by atoms with E-state index >= 15 is 0 Å². The molecule has 0 saturated carbocycles. The Balaban J connectivity index is 3.58. The zero-order valence-electron chi connectivity index (χ0n) is 17.3. The predicted molar refractivity (Wildman–Crippen MR) is 117 cm³/mol. The molecule has 1 atom stereocenters. The largest absolute Gasteiger partial charge is 0.396 e. The first-order chi connectivity index (χ1) is 13.2. The van der Waals surface area contributed by atoms with Crippen molar-refractivity contribution in [3.63, 3.8) is 0 Å². The van der Waals surface area contributed by atoms with Crippen LogP contribution in [-0.4, -0.2) is 17.6 Å². The van der Waals surface area contributed by atoms with Crippen LogP contribution in [0, 0.1) is 5.92 Å². The van der Waals surface area contributed by atoms with Crippen LogP contribution in [0.1, 0.15) is 84.0 Å². The molecule has 27 heavy (non-hydrogen) atoms. The lowest BCUT2D eigenvalue weighted by molar-refractivity contribution is -0.118. The molecular weight excluding hydrogens is 334 g/mol. The summed E-state index contributed by atoms with van der Waals surface area (Å²) in [6.07, 6.45) is 29.7. The fourth-order valence-electron chi connectivity index (χ4n) is 2.85. The zero-order valence-corrected chi connectivity index (χ0v) is 17.3. The van der Waals surface area contributed by atoms with Gasteiger partial charge < -0.3 is 10.8 Å². The van der Waals surface area contributed by atoms with Gasteiger partial charge in [0.2, 0.25) is 5.91 Å². The molecule has 0 rings (SSSR count). The first kappa shape index (κ1) is 25.4. The molecule has 0 bridgehead atoms. The number of carbonyl (C=O) groups excluding carboxylic acids is 1. The molecule has 0 aliphatic heterocycles. The summed E-state index contributed by atoms with van der Waals surface area (Å²) >= 11 is 0. The highest BCUT2D eigenvalue weighted by atomic mass is 16.3. The third kappa shape index (κ3) is 20.6. The third-order valence-electron chi connectivity index (χ3n) is 4.59. The van der Waals surface area contributed by atoms with Gasteiger partial charge in [-0.15, -0.1) is 0 Å². The first-order valence-electron chi connectivity index (χ1n) is 10.7. The molecule has 0 heterocycles. The minimum absolute atomic E-state index is 0.188. The Bertz CT molecular complexity index is 449. The summed E-state index contributed by atoms with van der Waals surface area (Å²) < 4.78 is 0. The van der Waals surface area contributed by atoms with Gasteiger partial charge in [0.15, 0.2) is 0 Å². The molecule has 1 unspecified atom stereocenters. The van der Waals surface area contributed by atoms with E-state index in [9.17, 15) is 9.90 Å². The van der Waals surface area contributed by atoms with Crippen LogP contribution in [0.25, 0.3) is 0 Å². The highest BCUT2D eigenvalue weighted by Gasteiger charge is 2.04. The maximum Gasteiger partial charge on any atom is 0.217 e. The van der Waals surface area contributed by atoms with Crippen molar-refractivity contribution in [2.45, 2.75) is 84.0 Å². The van der Waals surface area contributed by atoms with Crippen molar-refractivity contribution in [3.05, 3.63) is 48.6 Å². The van der Waals surface area contributed by atoms with Gasteiger partial charge in [-0.25, -0.2) is 0 Å². The number of rotatable bonds is 18. The maximum atomic E-state index is 10.6. The highest BCUT2D eigenvalue weighted by molar-refractivity contribution is 5.73. The molecule has 154 valence electrons. The second-order valence-corrected chi connectivity index (χ2v) is 7.17. The zero-order chi connectivity index (χ0) is 20.0. The molecule has 0 fully saturated rings. The molecular formula is C24H41NO2. The molecule has 3 N–H and O–H groups in total. The molecule has 0 spiro atoms. The van der Waals surface area contributed by atoms with E-state index < -0.39 is 0 Å². The fourth-order valence-corrected chi connectivity index (χ4v) is 2.85. The summed E-state index contributed by atoms with van der Waals surface area (Å²) in [5.41, 5.74) is 5.11. The molecule has 0 aromatic carbocycles. The number of aliphatic hydroxyl groups excluding tert-OH is 1. The summed E-state index contributed by atoms with van der Waals surface area (Å²) in [6, 6.07) is 0. The van der Waals surface area contributed by atoms with Crippen LogP contribution in [0.5, 0.6) is 0 Å². The molecule has 1 amide bonds. The summed E-state index contributed by atoms with van der Waals surface area (Å²) in [7, 11) is 0. The summed E-state index contributed by atoms with van der Waals surface area (Å²) in [5, 5.41) is 9.33. The van der Waals surface area contributed by atoms with E-state index in [0.29, 0.717) is 18.9 Å². The predicted octanol–water partition coefficient (Wildman–Crippen LogP) is 6.01. The van der Waals surface area contributed by atoms with Crippen molar-refractivity contribution in [1.82, 2.24) is 0 Å². The molecule has 0 saturated heterocycles. The van der Waals surface area contributed by atoms with Gasteiger partial charge in [0.25, 0.3) is 0 Å². The third-order valence-corrected chi connectivity index (χ3v) is 4.59. The number of carbonyl (C=O) groups is 1. The maximum absolute atomic E-state index is 10.6. The molecule has 0 aromatic rings. The Morgan fingerprint density at radius 3 is 2.04 bits per heavy atom. The fraction of sp³-hybridized carbons (Fsp3) is 0.625. The second-order valence-electron chi connectivity index (χ2n) is 7.17. The number of hydrogen-bond acceptors (Lipinski definition) is 2. The van der Waals surface area contributed by atoms with Gasteiger partial charge in [-0.2, -0.15) is 0 Å². The van der Waals surface area contributed by atoms with Crippen molar-refractivity contribution in [2.24, 2.45) is 11.7 Å². The van der Waals surface area contributed by atoms with Crippen molar-refractivity contribution >= 4 is 5.91 Å². The van der Waals surface area contributed by atoms with E-state index in [1.165, 1.54) is 32.1 Å². The average Bonchev–Trinajstić information content (AvgIpc) is 2.66. The van der Waals surface area contributed by atoms with E-state index in [1.807, 2.05) is 12.2 Å². The van der Waals surface area contributed by atoms with Crippen LogP contribution in [0.2, 0.25) is 0 Å². The molecule has 0 aliphatic rings. The Morgan fingerprint density at radius 2 is 1.41 bits per heavy atom. The van der Waals surface area contributed by atoms with Gasteiger partial charge in [0.05, 0.1) is 0 Å². The Kier molecular flexibility index (Phi) is 19.5. The summed E-state index contributed by atoms with van der Waals surface area (Å²) in [5.74, 6) is 0.269. The average molecular weight is 376 g/mol. The molecule has 0 radical (unpaired) electrons. The normalized spacial score (nSPS) is 13.6. The number of allylic oxidation sites excluding steroid dienone is 8. The van der Waals surface area contributed by atoms with E-state index in [0.717, 1.165) is 38.5 Å². The Labute approximate surface area is 167 Å². The van der Waals surface area contributed by atoms with Gasteiger partial charge in [0, 0.05) is 13.0 Å². The number of amides is 1. The van der Waals surface area contributed by atoms with Crippen LogP contribution in [0.3, 0.4) is 0 Å². The van der Waals surface area contributed by atoms with Gasteiger partial charge >= 0.3 is 0 Å². The van der Waals surface area contributed by atoms with E-state index in [2.05, 4.69) is 43.4 Å². The minimum Gasteiger partial charge on any atom is -0.396 e. The second kappa shape index (κ2) is 20.7. The Morgan fingerprint density at radius 1 is 0.815 bits per heavy atom. The van der Waals surface area contributed by atoms with Crippen LogP contribution in [0.15, 0.2) is 48.6 Å². The van der Waals surface area contributed by atoms with Gasteiger partial charge in [-0.3, -0.25) is 4.79 Å². The van der Waals surface area contributed by atoms with Crippen molar-refractivity contribution in [3.8, 4) is 0 Å². The minimum atomic E-state index is -0.188. The van der Waals surface area contributed by atoms with Crippen LogP contribution in [-0.2, 0) is 4.79 Å². The quantitative estimate of drug-likeness (QED) is 0.228. The lowest BCUT2D eigenvalue weighted by atomic mass is 9.98. The number of primary amides is 1. The number of unbranched alkanes of at least 4 members (excludes halogenated alkanes) is 6.